The van der Waals surface area contributed by atoms with E-state index in [-0.39, 0.29) is 35.1 Å². The van der Waals surface area contributed by atoms with Gasteiger partial charge in [0, 0.05) is 21.9 Å². The molecule has 0 saturated heterocycles. The normalized spacial score (nSPS) is 18.5. The fourth-order valence-electron chi connectivity index (χ4n) is 4.25. The van der Waals surface area contributed by atoms with Gasteiger partial charge in [0.05, 0.1) is 22.4 Å². The van der Waals surface area contributed by atoms with E-state index in [0.717, 1.165) is 35.3 Å². The minimum absolute atomic E-state index is 0.00118. The second-order valence-electron chi connectivity index (χ2n) is 10.1. The molecule has 1 fully saturated rings. The largest absolute Gasteiger partial charge is 0.352 e. The molecule has 1 aliphatic carbocycles. The Balaban J connectivity index is 1.73. The van der Waals surface area contributed by atoms with Crippen molar-refractivity contribution >= 4 is 40.7 Å². The lowest BCUT2D eigenvalue weighted by Gasteiger charge is -2.24. The van der Waals surface area contributed by atoms with Gasteiger partial charge >= 0.3 is 0 Å². The van der Waals surface area contributed by atoms with Crippen LogP contribution in [0.5, 0.6) is 0 Å². The lowest BCUT2D eigenvalue weighted by molar-refractivity contribution is -0.123. The van der Waals surface area contributed by atoms with Crippen molar-refractivity contribution in [2.24, 2.45) is 0 Å². The molecule has 2 aromatic heterocycles. The summed E-state index contributed by atoms with van der Waals surface area (Å²) in [4.78, 5) is 29.3. The number of carbonyl (C=O) groups excluding carboxylic acids is 2. The number of aryl methyl sites for hydroxylation is 1. The minimum Gasteiger partial charge on any atom is -0.352 e. The van der Waals surface area contributed by atoms with Crippen LogP contribution in [0.1, 0.15) is 60.6 Å². The van der Waals surface area contributed by atoms with Gasteiger partial charge in [-0.1, -0.05) is 44.5 Å². The molecular formula is C26H30N4O2S2. The summed E-state index contributed by atoms with van der Waals surface area (Å²) in [6.45, 7) is 8.52. The Morgan fingerprint density at radius 3 is 2.53 bits per heavy atom. The van der Waals surface area contributed by atoms with Gasteiger partial charge in [0.1, 0.15) is 12.4 Å². The predicted molar refractivity (Wildman–Crippen MR) is 139 cm³/mol. The van der Waals surface area contributed by atoms with Gasteiger partial charge in [-0.05, 0) is 43.3 Å². The number of aromatic nitrogens is 2. The second kappa shape index (κ2) is 8.89. The van der Waals surface area contributed by atoms with Gasteiger partial charge in [0.25, 0.3) is 0 Å². The number of hydrogen-bond donors (Lipinski definition) is 1. The van der Waals surface area contributed by atoms with E-state index in [2.05, 4.69) is 50.5 Å². The highest BCUT2D eigenvalue weighted by atomic mass is 32.2. The highest BCUT2D eigenvalue weighted by Crippen LogP contribution is 2.49. The van der Waals surface area contributed by atoms with Gasteiger partial charge in [0.15, 0.2) is 0 Å². The van der Waals surface area contributed by atoms with Gasteiger partial charge in [-0.25, -0.2) is 4.68 Å². The number of thiophene rings is 1. The number of thioether (sulfide) groups is 1. The van der Waals surface area contributed by atoms with E-state index >= 15 is 0 Å². The third-order valence-corrected chi connectivity index (χ3v) is 8.45. The predicted octanol–water partition coefficient (Wildman–Crippen LogP) is 4.99. The van der Waals surface area contributed by atoms with Crippen LogP contribution < -0.4 is 10.2 Å². The highest BCUT2D eigenvalue weighted by Gasteiger charge is 2.40. The van der Waals surface area contributed by atoms with Crippen LogP contribution in [0.4, 0.5) is 5.82 Å². The second-order valence-corrected chi connectivity index (χ2v) is 12.2. The average molecular weight is 495 g/mol. The zero-order valence-electron chi connectivity index (χ0n) is 20.0. The molecule has 0 radical (unpaired) electrons. The van der Waals surface area contributed by atoms with Crippen molar-refractivity contribution in [1.82, 2.24) is 15.1 Å². The molecule has 5 rings (SSSR count). The monoisotopic (exact) mass is 494 g/mol. The van der Waals surface area contributed by atoms with E-state index < -0.39 is 0 Å². The van der Waals surface area contributed by atoms with Crippen molar-refractivity contribution in [1.29, 1.82) is 0 Å². The van der Waals surface area contributed by atoms with Gasteiger partial charge in [-0.2, -0.15) is 5.10 Å². The topological polar surface area (TPSA) is 67.2 Å². The van der Waals surface area contributed by atoms with Gasteiger partial charge in [-0.3, -0.25) is 14.5 Å². The molecule has 0 unspecified atom stereocenters. The minimum atomic E-state index is -0.245. The van der Waals surface area contributed by atoms with Crippen LogP contribution in [0.25, 0.3) is 5.69 Å². The molecule has 6 nitrogen and oxygen atoms in total. The summed E-state index contributed by atoms with van der Waals surface area (Å²) >= 11 is 3.32. The van der Waals surface area contributed by atoms with Crippen molar-refractivity contribution in [2.75, 3.05) is 17.2 Å². The number of nitrogens with one attached hydrogen (secondary N) is 1. The lowest BCUT2D eigenvalue weighted by Crippen LogP contribution is -2.43. The average Bonchev–Trinajstić information content (AvgIpc) is 3.30. The van der Waals surface area contributed by atoms with E-state index in [1.54, 1.807) is 28.0 Å². The molecule has 178 valence electrons. The Labute approximate surface area is 208 Å². The summed E-state index contributed by atoms with van der Waals surface area (Å²) in [5.41, 5.74) is 3.78. The molecule has 2 aliphatic rings. The number of carbonyl (C=O) groups is 2. The molecule has 3 aromatic rings. The maximum atomic E-state index is 13.5. The number of anilines is 1. The molecule has 1 aromatic carbocycles. The van der Waals surface area contributed by atoms with Crippen LogP contribution in [0, 0.1) is 6.92 Å². The van der Waals surface area contributed by atoms with Crippen molar-refractivity contribution in [3.63, 3.8) is 0 Å². The van der Waals surface area contributed by atoms with E-state index in [4.69, 9.17) is 5.10 Å². The molecule has 2 amide bonds. The third kappa shape index (κ3) is 4.53. The van der Waals surface area contributed by atoms with E-state index in [1.807, 2.05) is 28.9 Å². The summed E-state index contributed by atoms with van der Waals surface area (Å²) in [5.74, 6) is 0.847. The first kappa shape index (κ1) is 23.2. The van der Waals surface area contributed by atoms with Crippen molar-refractivity contribution in [3.05, 3.63) is 63.5 Å². The standard InChI is InChI=1S/C26H30N4O2S2/c1-16-7-11-18(12-8-16)30-25-22(24(28-30)26(2,3)4)23(19-6-5-13-33-19)34-15-21(32)29(25)14-20(31)27-17-9-10-17/h5-8,11-13,17,23H,9-10,14-15H2,1-4H3,(H,27,31)/t23-/m1/s1. The van der Waals surface area contributed by atoms with Crippen LogP contribution in [0.15, 0.2) is 41.8 Å². The summed E-state index contributed by atoms with van der Waals surface area (Å²) in [6, 6.07) is 12.6. The van der Waals surface area contributed by atoms with E-state index in [9.17, 15) is 9.59 Å². The molecule has 8 heteroatoms. The molecule has 1 saturated carbocycles. The van der Waals surface area contributed by atoms with E-state index in [0.29, 0.717) is 11.6 Å². The fourth-order valence-corrected chi connectivity index (χ4v) is 6.42. The van der Waals surface area contributed by atoms with Crippen LogP contribution >= 0.6 is 23.1 Å². The Hall–Kier alpha value is -2.58. The van der Waals surface area contributed by atoms with Crippen molar-refractivity contribution in [3.8, 4) is 5.69 Å². The summed E-state index contributed by atoms with van der Waals surface area (Å²) in [5, 5.41) is 10.2. The van der Waals surface area contributed by atoms with Crippen LogP contribution in [0.2, 0.25) is 0 Å². The van der Waals surface area contributed by atoms with Crippen molar-refractivity contribution in [2.45, 2.75) is 57.2 Å². The van der Waals surface area contributed by atoms with Crippen LogP contribution in [-0.2, 0) is 15.0 Å². The zero-order valence-corrected chi connectivity index (χ0v) is 21.6. The van der Waals surface area contributed by atoms with Gasteiger partial charge in [-0.15, -0.1) is 23.1 Å². The molecule has 1 atom stereocenters. The lowest BCUT2D eigenvalue weighted by atomic mass is 9.88. The molecular weight excluding hydrogens is 464 g/mol. The molecule has 3 heterocycles. The van der Waals surface area contributed by atoms with Crippen molar-refractivity contribution < 1.29 is 9.59 Å². The molecule has 1 N–H and O–H groups in total. The summed E-state index contributed by atoms with van der Waals surface area (Å²) < 4.78 is 1.88. The maximum Gasteiger partial charge on any atom is 0.240 e. The maximum absolute atomic E-state index is 13.5. The molecule has 34 heavy (non-hydrogen) atoms. The Morgan fingerprint density at radius 1 is 1.18 bits per heavy atom. The SMILES string of the molecule is Cc1ccc(-n2nc(C(C)(C)C)c3c2N(CC(=O)NC2CC2)C(=O)CS[C@@H]3c2cccs2)cc1. The Kier molecular flexibility index (Phi) is 6.06. The first-order chi connectivity index (χ1) is 16.2. The number of hydrogen-bond acceptors (Lipinski definition) is 5. The van der Waals surface area contributed by atoms with E-state index in [1.165, 1.54) is 4.88 Å². The quantitative estimate of drug-likeness (QED) is 0.543. The Morgan fingerprint density at radius 2 is 1.91 bits per heavy atom. The van der Waals surface area contributed by atoms with Crippen LogP contribution in [-0.4, -0.2) is 39.9 Å². The number of amides is 2. The number of benzene rings is 1. The summed E-state index contributed by atoms with van der Waals surface area (Å²) in [6.07, 6.45) is 2.02. The van der Waals surface area contributed by atoms with Gasteiger partial charge < -0.3 is 5.32 Å². The number of fused-ring (bicyclic) bond motifs is 1. The Bertz CT molecular complexity index is 1200. The zero-order chi connectivity index (χ0) is 24.0. The van der Waals surface area contributed by atoms with Gasteiger partial charge in [0.2, 0.25) is 11.8 Å². The smallest absolute Gasteiger partial charge is 0.240 e. The number of nitrogens with zero attached hydrogens (tertiary/aromatic N) is 3. The third-order valence-electron chi connectivity index (χ3n) is 6.12. The fraction of sp³-hybridized carbons (Fsp3) is 0.423. The first-order valence-electron chi connectivity index (χ1n) is 11.7. The highest BCUT2D eigenvalue weighted by molar-refractivity contribution is 8.00. The number of rotatable bonds is 5. The molecule has 0 bridgehead atoms. The first-order valence-corrected chi connectivity index (χ1v) is 13.6. The summed E-state index contributed by atoms with van der Waals surface area (Å²) in [7, 11) is 0. The molecule has 0 spiro atoms. The molecule has 1 aliphatic heterocycles. The van der Waals surface area contributed by atoms with Crippen LogP contribution in [0.3, 0.4) is 0 Å².